The molecular formula is C16H32N2O2. The molecule has 0 aromatic carbocycles. The van der Waals surface area contributed by atoms with Crippen LogP contribution < -0.4 is 0 Å². The fraction of sp³-hybridized carbons (Fsp3) is 0.875. The van der Waals surface area contributed by atoms with Crippen LogP contribution in [0.5, 0.6) is 0 Å². The van der Waals surface area contributed by atoms with Crippen LogP contribution in [-0.2, 0) is 9.59 Å². The van der Waals surface area contributed by atoms with E-state index in [0.29, 0.717) is 31.5 Å². The molecule has 0 atom stereocenters. The Morgan fingerprint density at radius 1 is 0.900 bits per heavy atom. The zero-order valence-corrected chi connectivity index (χ0v) is 14.5. The normalized spacial score (nSPS) is 11.9. The van der Waals surface area contributed by atoms with E-state index in [9.17, 15) is 9.59 Å². The van der Waals surface area contributed by atoms with E-state index in [2.05, 4.69) is 27.7 Å². The molecule has 0 spiro atoms. The zero-order valence-electron chi connectivity index (χ0n) is 14.5. The van der Waals surface area contributed by atoms with E-state index in [1.54, 1.807) is 9.80 Å². The van der Waals surface area contributed by atoms with Gasteiger partial charge in [-0.2, -0.15) is 0 Å². The predicted molar refractivity (Wildman–Crippen MR) is 83.4 cm³/mol. The van der Waals surface area contributed by atoms with Gasteiger partial charge in [-0.25, -0.2) is 0 Å². The molecule has 4 heteroatoms. The Hall–Kier alpha value is -1.06. The van der Waals surface area contributed by atoms with Gasteiger partial charge in [0.1, 0.15) is 0 Å². The highest BCUT2D eigenvalue weighted by molar-refractivity contribution is 6.35. The first-order chi connectivity index (χ1) is 9.00. The van der Waals surface area contributed by atoms with Crippen molar-refractivity contribution in [1.82, 2.24) is 9.80 Å². The number of nitrogens with zero attached hydrogens (tertiary/aromatic N) is 2. The molecule has 0 aromatic rings. The van der Waals surface area contributed by atoms with Gasteiger partial charge in [-0.15, -0.1) is 0 Å². The maximum Gasteiger partial charge on any atom is 0.312 e. The summed E-state index contributed by atoms with van der Waals surface area (Å²) in [7, 11) is 0. The largest absolute Gasteiger partial charge is 0.334 e. The smallest absolute Gasteiger partial charge is 0.312 e. The van der Waals surface area contributed by atoms with E-state index < -0.39 is 0 Å². The molecule has 0 aliphatic carbocycles. The summed E-state index contributed by atoms with van der Waals surface area (Å²) in [5.41, 5.74) is -0.331. The molecule has 0 saturated carbocycles. The molecule has 0 radical (unpaired) electrons. The van der Waals surface area contributed by atoms with Crippen molar-refractivity contribution in [3.05, 3.63) is 0 Å². The van der Waals surface area contributed by atoms with Crippen LogP contribution in [0.15, 0.2) is 0 Å². The number of hydrogen-bond acceptors (Lipinski definition) is 2. The second kappa shape index (κ2) is 7.65. The van der Waals surface area contributed by atoms with E-state index in [0.717, 1.165) is 0 Å². The predicted octanol–water partition coefficient (Wildman–Crippen LogP) is 2.77. The van der Waals surface area contributed by atoms with Gasteiger partial charge in [0.2, 0.25) is 0 Å². The molecule has 0 unspecified atom stereocenters. The minimum atomic E-state index is -0.388. The van der Waals surface area contributed by atoms with E-state index in [1.165, 1.54) is 0 Å². The molecule has 0 aliphatic rings. The van der Waals surface area contributed by atoms with Crippen LogP contribution in [0.4, 0.5) is 0 Å². The van der Waals surface area contributed by atoms with Crippen LogP contribution in [0.3, 0.4) is 0 Å². The Morgan fingerprint density at radius 3 is 1.55 bits per heavy atom. The lowest BCUT2D eigenvalue weighted by Gasteiger charge is -2.36. The van der Waals surface area contributed by atoms with Gasteiger partial charge < -0.3 is 9.80 Å². The van der Waals surface area contributed by atoms with Crippen molar-refractivity contribution in [2.75, 3.05) is 19.6 Å². The van der Waals surface area contributed by atoms with Gasteiger partial charge in [-0.05, 0) is 39.5 Å². The number of rotatable bonds is 5. The van der Waals surface area contributed by atoms with Crippen LogP contribution in [0.1, 0.15) is 55.4 Å². The third-order valence-corrected chi connectivity index (χ3v) is 3.01. The van der Waals surface area contributed by atoms with Crippen molar-refractivity contribution < 1.29 is 9.59 Å². The van der Waals surface area contributed by atoms with E-state index in [4.69, 9.17) is 0 Å². The Morgan fingerprint density at radius 2 is 1.30 bits per heavy atom. The molecule has 0 aromatic heterocycles. The summed E-state index contributed by atoms with van der Waals surface area (Å²) in [6, 6.07) is 0. The lowest BCUT2D eigenvalue weighted by atomic mass is 10.1. The first kappa shape index (κ1) is 18.9. The Balaban J connectivity index is 5.08. The van der Waals surface area contributed by atoms with Gasteiger partial charge in [0.25, 0.3) is 0 Å². The Kier molecular flexibility index (Phi) is 7.25. The minimum absolute atomic E-state index is 0.331. The average Bonchev–Trinajstić information content (AvgIpc) is 2.24. The second-order valence-corrected chi connectivity index (χ2v) is 7.22. The van der Waals surface area contributed by atoms with Crippen LogP contribution in [-0.4, -0.2) is 46.8 Å². The molecule has 0 rings (SSSR count). The molecular weight excluding hydrogens is 252 g/mol. The van der Waals surface area contributed by atoms with Crippen LogP contribution >= 0.6 is 0 Å². The van der Waals surface area contributed by atoms with Gasteiger partial charge in [0, 0.05) is 25.2 Å². The van der Waals surface area contributed by atoms with Crippen molar-refractivity contribution in [2.45, 2.75) is 60.9 Å². The maximum atomic E-state index is 12.5. The fourth-order valence-electron chi connectivity index (χ4n) is 2.30. The third-order valence-electron chi connectivity index (χ3n) is 3.01. The topological polar surface area (TPSA) is 40.6 Å². The highest BCUT2D eigenvalue weighted by Crippen LogP contribution is 2.15. The first-order valence-corrected chi connectivity index (χ1v) is 7.61. The van der Waals surface area contributed by atoms with Crippen molar-refractivity contribution in [3.63, 3.8) is 0 Å². The SMILES string of the molecule is CCN(C(=O)C(=O)N(CC(C)C)CC(C)C)C(C)(C)C. The summed E-state index contributed by atoms with van der Waals surface area (Å²) in [5.74, 6) is -0.0455. The van der Waals surface area contributed by atoms with Gasteiger partial charge in [0.05, 0.1) is 0 Å². The number of amides is 2. The molecule has 20 heavy (non-hydrogen) atoms. The molecule has 118 valence electrons. The van der Waals surface area contributed by atoms with Crippen LogP contribution in [0.25, 0.3) is 0 Å². The summed E-state index contributed by atoms with van der Waals surface area (Å²) in [6.07, 6.45) is 0. The molecule has 0 heterocycles. The highest BCUT2D eigenvalue weighted by Gasteiger charge is 2.32. The molecule has 0 aliphatic heterocycles. The monoisotopic (exact) mass is 284 g/mol. The minimum Gasteiger partial charge on any atom is -0.334 e. The summed E-state index contributed by atoms with van der Waals surface area (Å²) in [5, 5.41) is 0. The van der Waals surface area contributed by atoms with Crippen molar-refractivity contribution in [2.24, 2.45) is 11.8 Å². The van der Waals surface area contributed by atoms with Gasteiger partial charge in [-0.1, -0.05) is 27.7 Å². The van der Waals surface area contributed by atoms with Crippen LogP contribution in [0, 0.1) is 11.8 Å². The molecule has 0 N–H and O–H groups in total. The van der Waals surface area contributed by atoms with Gasteiger partial charge in [0.15, 0.2) is 0 Å². The van der Waals surface area contributed by atoms with Crippen molar-refractivity contribution >= 4 is 11.8 Å². The Bertz CT molecular complexity index is 320. The first-order valence-electron chi connectivity index (χ1n) is 7.61. The Labute approximate surface area is 124 Å². The molecule has 2 amide bonds. The molecule has 0 saturated heterocycles. The summed E-state index contributed by atoms with van der Waals surface area (Å²) >= 11 is 0. The van der Waals surface area contributed by atoms with Crippen molar-refractivity contribution in [1.29, 1.82) is 0 Å². The highest BCUT2D eigenvalue weighted by atomic mass is 16.2. The van der Waals surface area contributed by atoms with Crippen molar-refractivity contribution in [3.8, 4) is 0 Å². The summed E-state index contributed by atoms with van der Waals surface area (Å²) in [4.78, 5) is 28.3. The standard InChI is InChI=1S/C16H32N2O2/c1-9-18(16(6,7)8)15(20)14(19)17(10-12(2)3)11-13(4)5/h12-13H,9-11H2,1-8H3. The summed E-state index contributed by atoms with van der Waals surface area (Å²) in [6.45, 7) is 17.8. The number of hydrogen-bond donors (Lipinski definition) is 0. The number of carbonyl (C=O) groups excluding carboxylic acids is 2. The van der Waals surface area contributed by atoms with Gasteiger partial charge >= 0.3 is 11.8 Å². The molecule has 4 nitrogen and oxygen atoms in total. The van der Waals surface area contributed by atoms with E-state index in [1.807, 2.05) is 27.7 Å². The van der Waals surface area contributed by atoms with Gasteiger partial charge in [-0.3, -0.25) is 9.59 Å². The molecule has 0 fully saturated rings. The van der Waals surface area contributed by atoms with E-state index in [-0.39, 0.29) is 17.4 Å². The second-order valence-electron chi connectivity index (χ2n) is 7.22. The number of carbonyl (C=O) groups is 2. The van der Waals surface area contributed by atoms with E-state index >= 15 is 0 Å². The zero-order chi connectivity index (χ0) is 16.1. The lowest BCUT2D eigenvalue weighted by molar-refractivity contribution is -0.155. The third kappa shape index (κ3) is 5.93. The molecule has 0 bridgehead atoms. The summed E-state index contributed by atoms with van der Waals surface area (Å²) < 4.78 is 0. The average molecular weight is 284 g/mol. The number of likely N-dealkylation sites (N-methyl/N-ethyl adjacent to an activating group) is 1. The fourth-order valence-corrected chi connectivity index (χ4v) is 2.30. The quantitative estimate of drug-likeness (QED) is 0.728. The maximum absolute atomic E-state index is 12.5. The van der Waals surface area contributed by atoms with Crippen LogP contribution in [0.2, 0.25) is 0 Å². The lowest BCUT2D eigenvalue weighted by Crippen LogP contribution is -2.53.